The van der Waals surface area contributed by atoms with Gasteiger partial charge < -0.3 is 9.80 Å². The molecule has 7 nitrogen and oxygen atoms in total. The number of hydrogen-bond acceptors (Lipinski definition) is 7. The van der Waals surface area contributed by atoms with Crippen molar-refractivity contribution in [1.29, 1.82) is 0 Å². The third-order valence-electron chi connectivity index (χ3n) is 4.56. The van der Waals surface area contributed by atoms with Crippen LogP contribution in [0.4, 0.5) is 11.8 Å². The molecule has 0 amide bonds. The van der Waals surface area contributed by atoms with E-state index in [2.05, 4.69) is 41.9 Å². The van der Waals surface area contributed by atoms with Gasteiger partial charge in [-0.1, -0.05) is 13.0 Å². The summed E-state index contributed by atoms with van der Waals surface area (Å²) in [5, 5.41) is 8.71. The van der Waals surface area contributed by atoms with Crippen LogP contribution < -0.4 is 9.80 Å². The SMILES string of the molecule is CCc1cnc(N2CCN(c3ccc(-c4ccccn4)nn3)CC2)nc1. The van der Waals surface area contributed by atoms with E-state index < -0.39 is 0 Å². The quantitative estimate of drug-likeness (QED) is 0.716. The molecular weight excluding hydrogens is 326 g/mol. The molecule has 0 radical (unpaired) electrons. The second-order valence-electron chi connectivity index (χ2n) is 6.21. The summed E-state index contributed by atoms with van der Waals surface area (Å²) in [5.41, 5.74) is 2.79. The lowest BCUT2D eigenvalue weighted by atomic mass is 10.2. The molecule has 0 aromatic carbocycles. The van der Waals surface area contributed by atoms with Gasteiger partial charge in [-0.15, -0.1) is 10.2 Å². The van der Waals surface area contributed by atoms with Gasteiger partial charge in [0.15, 0.2) is 5.82 Å². The Bertz CT molecular complexity index is 826. The van der Waals surface area contributed by atoms with Crippen LogP contribution in [0, 0.1) is 0 Å². The van der Waals surface area contributed by atoms with Gasteiger partial charge in [-0.25, -0.2) is 9.97 Å². The molecule has 1 fully saturated rings. The first-order chi connectivity index (χ1) is 12.8. The fraction of sp³-hybridized carbons (Fsp3) is 0.316. The fourth-order valence-corrected chi connectivity index (χ4v) is 2.97. The van der Waals surface area contributed by atoms with Gasteiger partial charge in [0.2, 0.25) is 5.95 Å². The molecule has 1 saturated heterocycles. The topological polar surface area (TPSA) is 70.9 Å². The van der Waals surface area contributed by atoms with Crippen LogP contribution in [0.25, 0.3) is 11.4 Å². The molecule has 4 heterocycles. The van der Waals surface area contributed by atoms with Crippen LogP contribution in [0.3, 0.4) is 0 Å². The average molecular weight is 347 g/mol. The number of aromatic nitrogens is 5. The highest BCUT2D eigenvalue weighted by Crippen LogP contribution is 2.18. The number of pyridine rings is 1. The molecule has 0 N–H and O–H groups in total. The lowest BCUT2D eigenvalue weighted by Crippen LogP contribution is -2.47. The number of hydrogen-bond donors (Lipinski definition) is 0. The summed E-state index contributed by atoms with van der Waals surface area (Å²) in [6, 6.07) is 9.77. The molecule has 3 aromatic heterocycles. The first-order valence-electron chi connectivity index (χ1n) is 8.89. The number of nitrogens with zero attached hydrogens (tertiary/aromatic N) is 7. The van der Waals surface area contributed by atoms with E-state index >= 15 is 0 Å². The molecular formula is C19H21N7. The third-order valence-corrected chi connectivity index (χ3v) is 4.56. The predicted molar refractivity (Wildman–Crippen MR) is 101 cm³/mol. The van der Waals surface area contributed by atoms with E-state index in [1.807, 2.05) is 42.7 Å². The monoisotopic (exact) mass is 347 g/mol. The van der Waals surface area contributed by atoms with Crippen molar-refractivity contribution in [1.82, 2.24) is 25.1 Å². The first kappa shape index (κ1) is 16.4. The van der Waals surface area contributed by atoms with E-state index in [9.17, 15) is 0 Å². The van der Waals surface area contributed by atoms with Crippen molar-refractivity contribution in [2.75, 3.05) is 36.0 Å². The van der Waals surface area contributed by atoms with Gasteiger partial charge >= 0.3 is 0 Å². The molecule has 0 aliphatic carbocycles. The maximum absolute atomic E-state index is 4.48. The minimum absolute atomic E-state index is 0.789. The van der Waals surface area contributed by atoms with E-state index in [0.29, 0.717) is 0 Å². The van der Waals surface area contributed by atoms with Crippen molar-refractivity contribution in [3.05, 3.63) is 54.5 Å². The average Bonchev–Trinajstić information content (AvgIpc) is 2.75. The van der Waals surface area contributed by atoms with Crippen LogP contribution in [0.2, 0.25) is 0 Å². The molecule has 3 aromatic rings. The van der Waals surface area contributed by atoms with Crippen molar-refractivity contribution in [3.8, 4) is 11.4 Å². The molecule has 0 bridgehead atoms. The number of rotatable bonds is 4. The van der Waals surface area contributed by atoms with E-state index in [1.54, 1.807) is 6.20 Å². The lowest BCUT2D eigenvalue weighted by Gasteiger charge is -2.35. The second kappa shape index (κ2) is 7.43. The minimum atomic E-state index is 0.789. The van der Waals surface area contributed by atoms with Crippen molar-refractivity contribution in [3.63, 3.8) is 0 Å². The number of anilines is 2. The molecule has 0 unspecified atom stereocenters. The van der Waals surface area contributed by atoms with Gasteiger partial charge in [0, 0.05) is 44.8 Å². The largest absolute Gasteiger partial charge is 0.352 e. The summed E-state index contributed by atoms with van der Waals surface area (Å²) in [4.78, 5) is 17.7. The normalized spacial score (nSPS) is 14.5. The Morgan fingerprint density at radius 2 is 1.58 bits per heavy atom. The Kier molecular flexibility index (Phi) is 4.68. The lowest BCUT2D eigenvalue weighted by molar-refractivity contribution is 0.631. The van der Waals surface area contributed by atoms with Crippen molar-refractivity contribution in [2.45, 2.75) is 13.3 Å². The van der Waals surface area contributed by atoms with Crippen molar-refractivity contribution in [2.24, 2.45) is 0 Å². The molecule has 1 aliphatic rings. The zero-order valence-corrected chi connectivity index (χ0v) is 14.8. The van der Waals surface area contributed by atoms with Crippen LogP contribution in [0.1, 0.15) is 12.5 Å². The molecule has 0 atom stereocenters. The molecule has 26 heavy (non-hydrogen) atoms. The number of piperazine rings is 1. The molecule has 0 saturated carbocycles. The summed E-state index contributed by atoms with van der Waals surface area (Å²) in [7, 11) is 0. The fourth-order valence-electron chi connectivity index (χ4n) is 2.97. The van der Waals surface area contributed by atoms with Gasteiger partial charge in [0.1, 0.15) is 5.69 Å². The van der Waals surface area contributed by atoms with E-state index in [4.69, 9.17) is 0 Å². The highest BCUT2D eigenvalue weighted by molar-refractivity contribution is 5.55. The highest BCUT2D eigenvalue weighted by atomic mass is 15.3. The Balaban J connectivity index is 1.40. The van der Waals surface area contributed by atoms with Gasteiger partial charge in [-0.3, -0.25) is 4.98 Å². The van der Waals surface area contributed by atoms with Crippen LogP contribution in [-0.2, 0) is 6.42 Å². The molecule has 1 aliphatic heterocycles. The van der Waals surface area contributed by atoms with E-state index in [0.717, 1.165) is 61.3 Å². The summed E-state index contributed by atoms with van der Waals surface area (Å²) in [5.74, 6) is 1.70. The summed E-state index contributed by atoms with van der Waals surface area (Å²) >= 11 is 0. The van der Waals surface area contributed by atoms with Gasteiger partial charge in [-0.05, 0) is 36.2 Å². The second-order valence-corrected chi connectivity index (χ2v) is 6.21. The molecule has 7 heteroatoms. The summed E-state index contributed by atoms with van der Waals surface area (Å²) in [6.45, 7) is 5.59. The molecule has 4 rings (SSSR count). The summed E-state index contributed by atoms with van der Waals surface area (Å²) in [6.07, 6.45) is 6.55. The minimum Gasteiger partial charge on any atom is -0.352 e. The van der Waals surface area contributed by atoms with Crippen LogP contribution in [0.15, 0.2) is 48.9 Å². The highest BCUT2D eigenvalue weighted by Gasteiger charge is 2.20. The van der Waals surface area contributed by atoms with Gasteiger partial charge in [0.25, 0.3) is 0 Å². The standard InChI is InChI=1S/C19H21N7/c1-2-15-13-21-19(22-14-15)26-11-9-25(10-12-26)18-7-6-17(23-24-18)16-5-3-4-8-20-16/h3-8,13-14H,2,9-12H2,1H3. The van der Waals surface area contributed by atoms with Crippen molar-refractivity contribution < 1.29 is 0 Å². The smallest absolute Gasteiger partial charge is 0.225 e. The van der Waals surface area contributed by atoms with E-state index in [-0.39, 0.29) is 0 Å². The molecule has 0 spiro atoms. The Labute approximate surface area is 152 Å². The third kappa shape index (κ3) is 3.46. The Morgan fingerprint density at radius 1 is 0.808 bits per heavy atom. The van der Waals surface area contributed by atoms with Crippen molar-refractivity contribution >= 4 is 11.8 Å². The maximum Gasteiger partial charge on any atom is 0.225 e. The van der Waals surface area contributed by atoms with Crippen LogP contribution in [0.5, 0.6) is 0 Å². The van der Waals surface area contributed by atoms with Gasteiger partial charge in [0.05, 0.1) is 5.69 Å². The first-order valence-corrected chi connectivity index (χ1v) is 8.89. The zero-order valence-electron chi connectivity index (χ0n) is 14.8. The zero-order chi connectivity index (χ0) is 17.8. The van der Waals surface area contributed by atoms with Crippen LogP contribution >= 0.6 is 0 Å². The maximum atomic E-state index is 4.48. The molecule has 132 valence electrons. The van der Waals surface area contributed by atoms with Gasteiger partial charge in [-0.2, -0.15) is 0 Å². The predicted octanol–water partition coefficient (Wildman–Crippen LogP) is 2.22. The number of aryl methyl sites for hydroxylation is 1. The van der Waals surface area contributed by atoms with E-state index in [1.165, 1.54) is 0 Å². The Morgan fingerprint density at radius 3 is 2.19 bits per heavy atom. The van der Waals surface area contributed by atoms with Crippen LogP contribution in [-0.4, -0.2) is 51.3 Å². The Hall–Kier alpha value is -3.09. The summed E-state index contributed by atoms with van der Waals surface area (Å²) < 4.78 is 0.